The van der Waals surface area contributed by atoms with Crippen molar-refractivity contribution in [2.24, 2.45) is 0 Å². The number of piperidine rings is 1. The van der Waals surface area contributed by atoms with Gasteiger partial charge in [0.15, 0.2) is 0 Å². The van der Waals surface area contributed by atoms with E-state index in [0.717, 1.165) is 38.0 Å². The summed E-state index contributed by atoms with van der Waals surface area (Å²) in [6.45, 7) is 5.56. The Balaban J connectivity index is 1.49. The van der Waals surface area contributed by atoms with Gasteiger partial charge < -0.3 is 9.80 Å². The first kappa shape index (κ1) is 16.6. The highest BCUT2D eigenvalue weighted by molar-refractivity contribution is 6.52. The van der Waals surface area contributed by atoms with Crippen LogP contribution in [0.25, 0.3) is 0 Å². The van der Waals surface area contributed by atoms with Gasteiger partial charge in [0, 0.05) is 24.8 Å². The number of ketones is 1. The number of hydrogen-bond acceptors (Lipinski definition) is 3. The molecule has 4 rings (SSSR count). The van der Waals surface area contributed by atoms with Crippen LogP contribution in [-0.2, 0) is 11.2 Å². The minimum Gasteiger partial charge on any atom is -0.371 e. The van der Waals surface area contributed by atoms with Crippen molar-refractivity contribution >= 4 is 23.1 Å². The zero-order valence-corrected chi connectivity index (χ0v) is 14.7. The second-order valence-corrected chi connectivity index (χ2v) is 6.90. The van der Waals surface area contributed by atoms with E-state index in [0.29, 0.717) is 5.56 Å². The van der Waals surface area contributed by atoms with Gasteiger partial charge in [-0.15, -0.1) is 6.58 Å². The molecule has 0 aliphatic carbocycles. The number of amides is 1. The molecule has 0 bridgehead atoms. The van der Waals surface area contributed by atoms with Gasteiger partial charge in [-0.3, -0.25) is 9.59 Å². The molecule has 1 saturated heterocycles. The van der Waals surface area contributed by atoms with Gasteiger partial charge in [0.25, 0.3) is 11.7 Å². The van der Waals surface area contributed by atoms with Crippen LogP contribution in [0.3, 0.4) is 0 Å². The predicted molar refractivity (Wildman–Crippen MR) is 104 cm³/mol. The SMILES string of the molecule is C=CCc1cccc(N2CCC(N3C(=O)C(=O)c4ccccc43)CC2)c1. The van der Waals surface area contributed by atoms with E-state index in [-0.39, 0.29) is 17.7 Å². The standard InChI is InChI=1S/C22H22N2O2/c1-2-6-16-7-5-8-18(15-16)23-13-11-17(12-14-23)24-20-10-4-3-9-19(20)21(25)22(24)26/h2-5,7-10,15,17H,1,6,11-14H2. The van der Waals surface area contributed by atoms with Crippen molar-refractivity contribution in [1.29, 1.82) is 0 Å². The topological polar surface area (TPSA) is 40.6 Å². The van der Waals surface area contributed by atoms with E-state index in [1.807, 2.05) is 24.3 Å². The molecule has 2 heterocycles. The van der Waals surface area contributed by atoms with E-state index in [4.69, 9.17) is 0 Å². The van der Waals surface area contributed by atoms with Crippen molar-refractivity contribution in [3.05, 3.63) is 72.3 Å². The molecule has 0 atom stereocenters. The highest BCUT2D eigenvalue weighted by Crippen LogP contribution is 2.34. The summed E-state index contributed by atoms with van der Waals surface area (Å²) in [5.41, 5.74) is 3.78. The Kier molecular flexibility index (Phi) is 4.33. The Morgan fingerprint density at radius 3 is 2.58 bits per heavy atom. The molecule has 0 aromatic heterocycles. The number of allylic oxidation sites excluding steroid dienone is 1. The Labute approximate surface area is 153 Å². The number of rotatable bonds is 4. The van der Waals surface area contributed by atoms with Gasteiger partial charge in [0.1, 0.15) is 0 Å². The minimum absolute atomic E-state index is 0.0858. The Hall–Kier alpha value is -2.88. The van der Waals surface area contributed by atoms with Crippen LogP contribution in [0.4, 0.5) is 11.4 Å². The zero-order chi connectivity index (χ0) is 18.1. The maximum absolute atomic E-state index is 12.5. The summed E-state index contributed by atoms with van der Waals surface area (Å²) in [5.74, 6) is -0.752. The van der Waals surface area contributed by atoms with Crippen LogP contribution in [0.15, 0.2) is 61.2 Å². The van der Waals surface area contributed by atoms with Crippen LogP contribution in [0, 0.1) is 0 Å². The number of fused-ring (bicyclic) bond motifs is 1. The molecule has 4 nitrogen and oxygen atoms in total. The van der Waals surface area contributed by atoms with Crippen molar-refractivity contribution in [1.82, 2.24) is 0 Å². The molecular weight excluding hydrogens is 324 g/mol. The van der Waals surface area contributed by atoms with Crippen LogP contribution in [0.2, 0.25) is 0 Å². The fourth-order valence-corrected chi connectivity index (χ4v) is 4.00. The second-order valence-electron chi connectivity index (χ2n) is 6.90. The maximum atomic E-state index is 12.5. The number of para-hydroxylation sites is 1. The Bertz CT molecular complexity index is 866. The number of nitrogens with zero attached hydrogens (tertiary/aromatic N) is 2. The van der Waals surface area contributed by atoms with Gasteiger partial charge in [-0.25, -0.2) is 0 Å². The van der Waals surface area contributed by atoms with Crippen molar-refractivity contribution in [3.8, 4) is 0 Å². The van der Waals surface area contributed by atoms with E-state index >= 15 is 0 Å². The lowest BCUT2D eigenvalue weighted by Gasteiger charge is -2.37. The third kappa shape index (κ3) is 2.81. The van der Waals surface area contributed by atoms with Crippen molar-refractivity contribution < 1.29 is 9.59 Å². The third-order valence-corrected chi connectivity index (χ3v) is 5.31. The second kappa shape index (κ2) is 6.79. The van der Waals surface area contributed by atoms with E-state index in [2.05, 4.69) is 35.7 Å². The monoisotopic (exact) mass is 346 g/mol. The van der Waals surface area contributed by atoms with Crippen LogP contribution in [0.1, 0.15) is 28.8 Å². The lowest BCUT2D eigenvalue weighted by molar-refractivity contribution is -0.114. The van der Waals surface area contributed by atoms with E-state index in [9.17, 15) is 9.59 Å². The Morgan fingerprint density at radius 1 is 1.04 bits per heavy atom. The molecule has 1 amide bonds. The quantitative estimate of drug-likeness (QED) is 0.627. The highest BCUT2D eigenvalue weighted by Gasteiger charge is 2.40. The summed E-state index contributed by atoms with van der Waals surface area (Å²) in [5, 5.41) is 0. The fraction of sp³-hybridized carbons (Fsp3) is 0.273. The molecule has 2 aromatic rings. The fourth-order valence-electron chi connectivity index (χ4n) is 4.00. The molecule has 0 unspecified atom stereocenters. The van der Waals surface area contributed by atoms with E-state index < -0.39 is 0 Å². The maximum Gasteiger partial charge on any atom is 0.299 e. The molecule has 0 N–H and O–H groups in total. The third-order valence-electron chi connectivity index (χ3n) is 5.31. The summed E-state index contributed by atoms with van der Waals surface area (Å²) in [6, 6.07) is 15.9. The van der Waals surface area contributed by atoms with Gasteiger partial charge in [-0.05, 0) is 49.1 Å². The average molecular weight is 346 g/mol. The lowest BCUT2D eigenvalue weighted by Crippen LogP contribution is -2.47. The van der Waals surface area contributed by atoms with Gasteiger partial charge in [0.05, 0.1) is 11.3 Å². The molecule has 4 heteroatoms. The Morgan fingerprint density at radius 2 is 1.81 bits per heavy atom. The van der Waals surface area contributed by atoms with Crippen molar-refractivity contribution in [2.75, 3.05) is 22.9 Å². The van der Waals surface area contributed by atoms with Gasteiger partial charge in [-0.1, -0.05) is 30.3 Å². The van der Waals surface area contributed by atoms with Crippen LogP contribution in [0.5, 0.6) is 0 Å². The first-order chi connectivity index (χ1) is 12.7. The zero-order valence-electron chi connectivity index (χ0n) is 14.7. The minimum atomic E-state index is -0.377. The number of benzene rings is 2. The van der Waals surface area contributed by atoms with Crippen LogP contribution < -0.4 is 9.80 Å². The summed E-state index contributed by atoms with van der Waals surface area (Å²) in [6.07, 6.45) is 4.50. The van der Waals surface area contributed by atoms with Gasteiger partial charge >= 0.3 is 0 Å². The highest BCUT2D eigenvalue weighted by atomic mass is 16.2. The largest absolute Gasteiger partial charge is 0.371 e. The smallest absolute Gasteiger partial charge is 0.299 e. The summed E-state index contributed by atoms with van der Waals surface area (Å²) in [4.78, 5) is 28.8. The first-order valence-corrected chi connectivity index (χ1v) is 9.10. The average Bonchev–Trinajstić information content (AvgIpc) is 2.93. The molecule has 0 saturated carbocycles. The molecular formula is C22H22N2O2. The summed E-state index contributed by atoms with van der Waals surface area (Å²) < 4.78 is 0. The molecule has 2 aromatic carbocycles. The number of anilines is 2. The molecule has 2 aliphatic heterocycles. The molecule has 1 fully saturated rings. The molecule has 0 spiro atoms. The van der Waals surface area contributed by atoms with E-state index in [1.165, 1.54) is 11.3 Å². The molecule has 26 heavy (non-hydrogen) atoms. The van der Waals surface area contributed by atoms with Crippen LogP contribution in [-0.4, -0.2) is 30.8 Å². The van der Waals surface area contributed by atoms with E-state index in [1.54, 1.807) is 11.0 Å². The van der Waals surface area contributed by atoms with Gasteiger partial charge in [-0.2, -0.15) is 0 Å². The number of hydrogen-bond donors (Lipinski definition) is 0. The summed E-state index contributed by atoms with van der Waals surface area (Å²) in [7, 11) is 0. The lowest BCUT2D eigenvalue weighted by atomic mass is 10.0. The summed E-state index contributed by atoms with van der Waals surface area (Å²) >= 11 is 0. The van der Waals surface area contributed by atoms with Gasteiger partial charge in [0.2, 0.25) is 0 Å². The number of Topliss-reactive ketones (excluding diaryl/α,β-unsaturated/α-hetero) is 1. The first-order valence-electron chi connectivity index (χ1n) is 9.10. The number of carbonyl (C=O) groups is 2. The predicted octanol–water partition coefficient (Wildman–Crippen LogP) is 3.61. The van der Waals surface area contributed by atoms with Crippen molar-refractivity contribution in [3.63, 3.8) is 0 Å². The number of carbonyl (C=O) groups excluding carboxylic acids is 2. The molecule has 2 aliphatic rings. The molecule has 0 radical (unpaired) electrons. The van der Waals surface area contributed by atoms with Crippen molar-refractivity contribution in [2.45, 2.75) is 25.3 Å². The van der Waals surface area contributed by atoms with Crippen LogP contribution >= 0.6 is 0 Å². The normalized spacial score (nSPS) is 17.5. The molecule has 132 valence electrons.